The van der Waals surface area contributed by atoms with E-state index in [1.165, 1.54) is 0 Å². The van der Waals surface area contributed by atoms with Gasteiger partial charge in [0, 0.05) is 26.4 Å². The van der Waals surface area contributed by atoms with Crippen molar-refractivity contribution in [3.63, 3.8) is 0 Å². The summed E-state index contributed by atoms with van der Waals surface area (Å²) in [6.07, 6.45) is 1.67. The molecule has 0 fully saturated rings. The Morgan fingerprint density at radius 1 is 1.15 bits per heavy atom. The van der Waals surface area contributed by atoms with Gasteiger partial charge in [-0.1, -0.05) is 44.2 Å². The Morgan fingerprint density at radius 2 is 1.80 bits per heavy atom. The van der Waals surface area contributed by atoms with Crippen LogP contribution in [0.5, 0.6) is 0 Å². The van der Waals surface area contributed by atoms with E-state index < -0.39 is 0 Å². The van der Waals surface area contributed by atoms with Gasteiger partial charge in [-0.25, -0.2) is 0 Å². The molecule has 0 saturated carbocycles. The molecular formula is C16H24N2O2. The van der Waals surface area contributed by atoms with Crippen LogP contribution in [0.4, 0.5) is 0 Å². The highest BCUT2D eigenvalue weighted by Gasteiger charge is 2.16. The molecule has 0 unspecified atom stereocenters. The molecule has 110 valence electrons. The fourth-order valence-corrected chi connectivity index (χ4v) is 2.09. The highest BCUT2D eigenvalue weighted by molar-refractivity contribution is 5.77. The molecule has 1 atom stereocenters. The zero-order valence-electron chi connectivity index (χ0n) is 12.6. The third kappa shape index (κ3) is 5.43. The SMILES string of the molecule is CCC(=O)N[C@H](Cc1ccccc1)CN(C)C(=O)CC. The summed E-state index contributed by atoms with van der Waals surface area (Å²) in [7, 11) is 1.78. The van der Waals surface area contributed by atoms with Crippen LogP contribution in [0.25, 0.3) is 0 Å². The number of hydrogen-bond acceptors (Lipinski definition) is 2. The van der Waals surface area contributed by atoms with Crippen molar-refractivity contribution in [2.45, 2.75) is 39.2 Å². The molecule has 0 aliphatic heterocycles. The third-order valence-electron chi connectivity index (χ3n) is 3.23. The van der Waals surface area contributed by atoms with E-state index in [9.17, 15) is 9.59 Å². The summed E-state index contributed by atoms with van der Waals surface area (Å²) in [6.45, 7) is 4.21. The molecule has 4 heteroatoms. The van der Waals surface area contributed by atoms with Crippen LogP contribution < -0.4 is 5.32 Å². The molecule has 0 aliphatic carbocycles. The van der Waals surface area contributed by atoms with Crippen molar-refractivity contribution in [1.82, 2.24) is 10.2 Å². The Balaban J connectivity index is 2.69. The maximum Gasteiger partial charge on any atom is 0.222 e. The smallest absolute Gasteiger partial charge is 0.222 e. The van der Waals surface area contributed by atoms with Gasteiger partial charge in [0.1, 0.15) is 0 Å². The highest BCUT2D eigenvalue weighted by Crippen LogP contribution is 2.05. The van der Waals surface area contributed by atoms with E-state index in [1.807, 2.05) is 44.2 Å². The summed E-state index contributed by atoms with van der Waals surface area (Å²) in [5.41, 5.74) is 1.16. The third-order valence-corrected chi connectivity index (χ3v) is 3.23. The maximum absolute atomic E-state index is 11.7. The molecule has 0 radical (unpaired) electrons. The zero-order valence-corrected chi connectivity index (χ0v) is 12.6. The van der Waals surface area contributed by atoms with Gasteiger partial charge in [0.2, 0.25) is 11.8 Å². The van der Waals surface area contributed by atoms with E-state index in [1.54, 1.807) is 11.9 Å². The minimum Gasteiger partial charge on any atom is -0.351 e. The van der Waals surface area contributed by atoms with Crippen molar-refractivity contribution in [3.8, 4) is 0 Å². The Kier molecular flexibility index (Phi) is 6.77. The van der Waals surface area contributed by atoms with Crippen LogP contribution in [0.2, 0.25) is 0 Å². The molecule has 0 saturated heterocycles. The lowest BCUT2D eigenvalue weighted by atomic mass is 10.1. The molecule has 0 spiro atoms. The summed E-state index contributed by atoms with van der Waals surface area (Å²) in [4.78, 5) is 25.0. The minimum atomic E-state index is -0.0506. The van der Waals surface area contributed by atoms with Crippen LogP contribution in [0.15, 0.2) is 30.3 Å². The van der Waals surface area contributed by atoms with Crippen LogP contribution in [0, 0.1) is 0 Å². The van der Waals surface area contributed by atoms with Gasteiger partial charge in [-0.3, -0.25) is 9.59 Å². The van der Waals surface area contributed by atoms with E-state index in [0.29, 0.717) is 19.4 Å². The van der Waals surface area contributed by atoms with E-state index in [0.717, 1.165) is 12.0 Å². The molecular weight excluding hydrogens is 252 g/mol. The first kappa shape index (κ1) is 16.2. The predicted molar refractivity (Wildman–Crippen MR) is 80.3 cm³/mol. The topological polar surface area (TPSA) is 49.4 Å². The number of amides is 2. The number of benzene rings is 1. The average molecular weight is 276 g/mol. The van der Waals surface area contributed by atoms with Crippen molar-refractivity contribution < 1.29 is 9.59 Å². The van der Waals surface area contributed by atoms with E-state index >= 15 is 0 Å². The normalized spacial score (nSPS) is 11.8. The minimum absolute atomic E-state index is 0.0169. The highest BCUT2D eigenvalue weighted by atomic mass is 16.2. The van der Waals surface area contributed by atoms with Gasteiger partial charge in [0.25, 0.3) is 0 Å². The van der Waals surface area contributed by atoms with Crippen LogP contribution >= 0.6 is 0 Å². The molecule has 1 N–H and O–H groups in total. The van der Waals surface area contributed by atoms with Gasteiger partial charge >= 0.3 is 0 Å². The maximum atomic E-state index is 11.7. The van der Waals surface area contributed by atoms with Crippen LogP contribution in [-0.2, 0) is 16.0 Å². The lowest BCUT2D eigenvalue weighted by molar-refractivity contribution is -0.130. The first-order valence-corrected chi connectivity index (χ1v) is 7.14. The summed E-state index contributed by atoms with van der Waals surface area (Å²) in [6, 6.07) is 9.95. The predicted octanol–water partition coefficient (Wildman–Crippen LogP) is 1.99. The first-order chi connectivity index (χ1) is 9.56. The Hall–Kier alpha value is -1.84. The number of carbonyl (C=O) groups excluding carboxylic acids is 2. The Bertz CT molecular complexity index is 431. The Morgan fingerprint density at radius 3 is 2.35 bits per heavy atom. The molecule has 1 aromatic carbocycles. The van der Waals surface area contributed by atoms with Gasteiger partial charge in [0.05, 0.1) is 6.04 Å². The average Bonchev–Trinajstić information content (AvgIpc) is 2.47. The van der Waals surface area contributed by atoms with Gasteiger partial charge in [-0.2, -0.15) is 0 Å². The number of likely N-dealkylation sites (N-methyl/N-ethyl adjacent to an activating group) is 1. The van der Waals surface area contributed by atoms with Gasteiger partial charge in [-0.15, -0.1) is 0 Å². The lowest BCUT2D eigenvalue weighted by Gasteiger charge is -2.25. The standard InChI is InChI=1S/C16H24N2O2/c1-4-15(19)17-14(12-18(3)16(20)5-2)11-13-9-7-6-8-10-13/h6-10,14H,4-5,11-12H2,1-3H3,(H,17,19)/t14-/m1/s1. The van der Waals surface area contributed by atoms with Crippen molar-refractivity contribution in [2.24, 2.45) is 0 Å². The Labute approximate surface area is 121 Å². The van der Waals surface area contributed by atoms with Crippen molar-refractivity contribution in [3.05, 3.63) is 35.9 Å². The van der Waals surface area contributed by atoms with Crippen LogP contribution in [0.3, 0.4) is 0 Å². The number of rotatable bonds is 7. The number of nitrogens with one attached hydrogen (secondary N) is 1. The van der Waals surface area contributed by atoms with Crippen LogP contribution in [0.1, 0.15) is 32.3 Å². The number of hydrogen-bond donors (Lipinski definition) is 1. The van der Waals surface area contributed by atoms with Gasteiger partial charge < -0.3 is 10.2 Å². The molecule has 0 aromatic heterocycles. The summed E-state index contributed by atoms with van der Waals surface area (Å²) >= 11 is 0. The quantitative estimate of drug-likeness (QED) is 0.828. The van der Waals surface area contributed by atoms with E-state index in [-0.39, 0.29) is 17.9 Å². The van der Waals surface area contributed by atoms with Crippen LogP contribution in [-0.4, -0.2) is 36.3 Å². The first-order valence-electron chi connectivity index (χ1n) is 7.14. The molecule has 20 heavy (non-hydrogen) atoms. The van der Waals surface area contributed by atoms with Gasteiger partial charge in [0.15, 0.2) is 0 Å². The summed E-state index contributed by atoms with van der Waals surface area (Å²) < 4.78 is 0. The fraction of sp³-hybridized carbons (Fsp3) is 0.500. The molecule has 0 bridgehead atoms. The van der Waals surface area contributed by atoms with Crippen molar-refractivity contribution >= 4 is 11.8 Å². The largest absolute Gasteiger partial charge is 0.351 e. The lowest BCUT2D eigenvalue weighted by Crippen LogP contribution is -2.45. The molecule has 1 rings (SSSR count). The molecule has 0 aliphatic rings. The second-order valence-electron chi connectivity index (χ2n) is 4.94. The molecule has 2 amide bonds. The molecule has 4 nitrogen and oxygen atoms in total. The van der Waals surface area contributed by atoms with Gasteiger partial charge in [-0.05, 0) is 12.0 Å². The second kappa shape index (κ2) is 8.35. The van der Waals surface area contributed by atoms with Crippen molar-refractivity contribution in [1.29, 1.82) is 0 Å². The van der Waals surface area contributed by atoms with Crippen molar-refractivity contribution in [2.75, 3.05) is 13.6 Å². The second-order valence-corrected chi connectivity index (χ2v) is 4.94. The fourth-order valence-electron chi connectivity index (χ4n) is 2.09. The van der Waals surface area contributed by atoms with E-state index in [4.69, 9.17) is 0 Å². The summed E-state index contributed by atoms with van der Waals surface area (Å²) in [5, 5.41) is 2.99. The number of carbonyl (C=O) groups is 2. The molecule has 1 aromatic rings. The van der Waals surface area contributed by atoms with E-state index in [2.05, 4.69) is 5.32 Å². The zero-order chi connectivity index (χ0) is 15.0. The summed E-state index contributed by atoms with van der Waals surface area (Å²) in [5.74, 6) is 0.108. The molecule has 0 heterocycles. The monoisotopic (exact) mass is 276 g/mol. The number of nitrogens with zero attached hydrogens (tertiary/aromatic N) is 1.